The highest BCUT2D eigenvalue weighted by Gasteiger charge is 2.08. The molecule has 0 aliphatic rings. The molecule has 0 heterocycles. The fourth-order valence-electron chi connectivity index (χ4n) is 1.78. The average Bonchev–Trinajstić information content (AvgIpc) is 2.34. The van der Waals surface area contributed by atoms with E-state index in [2.05, 4.69) is 31.3 Å². The molecule has 0 aliphatic heterocycles. The minimum Gasteiger partial charge on any atom is -0.497 e. The van der Waals surface area contributed by atoms with Gasteiger partial charge < -0.3 is 10.1 Å². The highest BCUT2D eigenvalue weighted by atomic mass is 35.5. The van der Waals surface area contributed by atoms with Crippen molar-refractivity contribution in [1.82, 2.24) is 5.32 Å². The topological polar surface area (TPSA) is 21.3 Å². The predicted molar refractivity (Wildman–Crippen MR) is 73.8 cm³/mol. The Balaban J connectivity index is 2.42. The highest BCUT2D eigenvalue weighted by Crippen LogP contribution is 2.12. The van der Waals surface area contributed by atoms with Gasteiger partial charge in [-0.05, 0) is 30.0 Å². The molecular formula is C14H22ClNO. The van der Waals surface area contributed by atoms with Crippen molar-refractivity contribution in [2.75, 3.05) is 13.0 Å². The Hall–Kier alpha value is -0.730. The van der Waals surface area contributed by atoms with Gasteiger partial charge in [0.25, 0.3) is 0 Å². The number of hydrogen-bond acceptors (Lipinski definition) is 2. The molecule has 3 heteroatoms. The summed E-state index contributed by atoms with van der Waals surface area (Å²) in [5, 5.41) is 3.48. The van der Waals surface area contributed by atoms with Gasteiger partial charge in [0.2, 0.25) is 0 Å². The summed E-state index contributed by atoms with van der Waals surface area (Å²) < 4.78 is 5.13. The zero-order valence-electron chi connectivity index (χ0n) is 10.9. The Bertz CT molecular complexity index is 311. The van der Waals surface area contributed by atoms with Gasteiger partial charge in [0.05, 0.1) is 7.11 Å². The minimum atomic E-state index is 0.388. The Morgan fingerprint density at radius 2 is 1.88 bits per heavy atom. The van der Waals surface area contributed by atoms with Crippen LogP contribution in [-0.4, -0.2) is 19.0 Å². The van der Waals surface area contributed by atoms with Crippen LogP contribution in [0.3, 0.4) is 0 Å². The first-order chi connectivity index (χ1) is 8.15. The Labute approximate surface area is 109 Å². The molecule has 1 aromatic carbocycles. The molecule has 0 aliphatic carbocycles. The molecule has 1 N–H and O–H groups in total. The van der Waals surface area contributed by atoms with Crippen molar-refractivity contribution >= 4 is 11.6 Å². The third-order valence-electron chi connectivity index (χ3n) is 2.70. The molecule has 1 atom stereocenters. The van der Waals surface area contributed by atoms with E-state index in [9.17, 15) is 0 Å². The first kappa shape index (κ1) is 14.3. The maximum Gasteiger partial charge on any atom is 0.118 e. The number of nitrogens with one attached hydrogen (secondary N) is 1. The van der Waals surface area contributed by atoms with Crippen LogP contribution in [0.5, 0.6) is 5.75 Å². The van der Waals surface area contributed by atoms with Crippen molar-refractivity contribution in [2.45, 2.75) is 32.9 Å². The van der Waals surface area contributed by atoms with Crippen LogP contribution < -0.4 is 10.1 Å². The summed E-state index contributed by atoms with van der Waals surface area (Å²) in [6, 6.07) is 8.50. The highest BCUT2D eigenvalue weighted by molar-refractivity contribution is 6.18. The lowest BCUT2D eigenvalue weighted by molar-refractivity contribution is 0.414. The van der Waals surface area contributed by atoms with Crippen molar-refractivity contribution in [3.05, 3.63) is 29.8 Å². The van der Waals surface area contributed by atoms with Gasteiger partial charge in [0, 0.05) is 18.5 Å². The number of halogens is 1. The molecule has 0 amide bonds. The van der Waals surface area contributed by atoms with Crippen LogP contribution in [0.15, 0.2) is 24.3 Å². The molecule has 0 radical (unpaired) electrons. The molecule has 0 bridgehead atoms. The fraction of sp³-hybridized carbons (Fsp3) is 0.571. The lowest BCUT2D eigenvalue weighted by Crippen LogP contribution is -2.31. The molecule has 17 heavy (non-hydrogen) atoms. The van der Waals surface area contributed by atoms with Gasteiger partial charge in [-0.2, -0.15) is 0 Å². The van der Waals surface area contributed by atoms with Gasteiger partial charge in [0.1, 0.15) is 5.75 Å². The number of ether oxygens (including phenoxy) is 1. The van der Waals surface area contributed by atoms with Gasteiger partial charge in [0.15, 0.2) is 0 Å². The second kappa shape index (κ2) is 7.57. The van der Waals surface area contributed by atoms with Gasteiger partial charge >= 0.3 is 0 Å². The molecule has 1 unspecified atom stereocenters. The van der Waals surface area contributed by atoms with E-state index in [1.54, 1.807) is 7.11 Å². The molecule has 1 aromatic rings. The normalized spacial score (nSPS) is 12.8. The molecule has 0 saturated heterocycles. The number of methoxy groups -OCH3 is 1. The van der Waals surface area contributed by atoms with Crippen LogP contribution in [0, 0.1) is 5.92 Å². The summed E-state index contributed by atoms with van der Waals surface area (Å²) in [5.74, 6) is 2.22. The molecule has 0 aromatic heterocycles. The SMILES string of the molecule is COc1ccc(CNC(CCl)CC(C)C)cc1. The van der Waals surface area contributed by atoms with Crippen molar-refractivity contribution < 1.29 is 4.74 Å². The fourth-order valence-corrected chi connectivity index (χ4v) is 2.01. The first-order valence-corrected chi connectivity index (χ1v) is 6.61. The third-order valence-corrected chi connectivity index (χ3v) is 3.07. The standard InChI is InChI=1S/C14H22ClNO/c1-11(2)8-13(9-15)16-10-12-4-6-14(17-3)7-5-12/h4-7,11,13,16H,8-10H2,1-3H3. The Morgan fingerprint density at radius 1 is 1.24 bits per heavy atom. The summed E-state index contributed by atoms with van der Waals surface area (Å²) in [5.41, 5.74) is 1.25. The largest absolute Gasteiger partial charge is 0.497 e. The lowest BCUT2D eigenvalue weighted by atomic mass is 10.0. The van der Waals surface area contributed by atoms with Crippen molar-refractivity contribution in [3.8, 4) is 5.75 Å². The maximum atomic E-state index is 5.94. The van der Waals surface area contributed by atoms with E-state index >= 15 is 0 Å². The molecule has 96 valence electrons. The van der Waals surface area contributed by atoms with Gasteiger partial charge in [-0.3, -0.25) is 0 Å². The van der Waals surface area contributed by atoms with Crippen LogP contribution in [0.1, 0.15) is 25.8 Å². The van der Waals surface area contributed by atoms with Crippen LogP contribution >= 0.6 is 11.6 Å². The number of alkyl halides is 1. The van der Waals surface area contributed by atoms with E-state index in [4.69, 9.17) is 16.3 Å². The molecule has 1 rings (SSSR count). The van der Waals surface area contributed by atoms with E-state index in [1.807, 2.05) is 12.1 Å². The van der Waals surface area contributed by atoms with E-state index in [1.165, 1.54) is 5.56 Å². The smallest absolute Gasteiger partial charge is 0.118 e. The van der Waals surface area contributed by atoms with Crippen LogP contribution in [0.2, 0.25) is 0 Å². The lowest BCUT2D eigenvalue weighted by Gasteiger charge is -2.18. The van der Waals surface area contributed by atoms with E-state index in [0.29, 0.717) is 17.8 Å². The second-order valence-corrected chi connectivity index (χ2v) is 5.02. The average molecular weight is 256 g/mol. The zero-order chi connectivity index (χ0) is 12.7. The number of benzene rings is 1. The maximum absolute atomic E-state index is 5.94. The summed E-state index contributed by atoms with van der Waals surface area (Å²) in [4.78, 5) is 0. The van der Waals surface area contributed by atoms with Crippen LogP contribution in [0.4, 0.5) is 0 Å². The molecule has 2 nitrogen and oxygen atoms in total. The molecular weight excluding hydrogens is 234 g/mol. The number of hydrogen-bond donors (Lipinski definition) is 1. The van der Waals surface area contributed by atoms with Crippen molar-refractivity contribution in [2.24, 2.45) is 5.92 Å². The summed E-state index contributed by atoms with van der Waals surface area (Å²) in [7, 11) is 1.68. The van der Waals surface area contributed by atoms with E-state index in [-0.39, 0.29) is 0 Å². The molecule has 0 spiro atoms. The quantitative estimate of drug-likeness (QED) is 0.754. The predicted octanol–water partition coefficient (Wildman–Crippen LogP) is 3.44. The summed E-state index contributed by atoms with van der Waals surface area (Å²) in [6.45, 7) is 5.29. The van der Waals surface area contributed by atoms with E-state index < -0.39 is 0 Å². The first-order valence-electron chi connectivity index (χ1n) is 6.08. The van der Waals surface area contributed by atoms with E-state index in [0.717, 1.165) is 18.7 Å². The molecule has 0 saturated carbocycles. The van der Waals surface area contributed by atoms with Crippen LogP contribution in [-0.2, 0) is 6.54 Å². The van der Waals surface area contributed by atoms with Gasteiger partial charge in [-0.1, -0.05) is 26.0 Å². The Kier molecular flexibility index (Phi) is 6.38. The van der Waals surface area contributed by atoms with Gasteiger partial charge in [-0.25, -0.2) is 0 Å². The van der Waals surface area contributed by atoms with Crippen molar-refractivity contribution in [3.63, 3.8) is 0 Å². The minimum absolute atomic E-state index is 0.388. The van der Waals surface area contributed by atoms with Crippen molar-refractivity contribution in [1.29, 1.82) is 0 Å². The summed E-state index contributed by atoms with van der Waals surface area (Å²) >= 11 is 5.94. The Morgan fingerprint density at radius 3 is 2.35 bits per heavy atom. The van der Waals surface area contributed by atoms with Gasteiger partial charge in [-0.15, -0.1) is 11.6 Å². The van der Waals surface area contributed by atoms with Crippen LogP contribution in [0.25, 0.3) is 0 Å². The zero-order valence-corrected chi connectivity index (χ0v) is 11.6. The summed E-state index contributed by atoms with van der Waals surface area (Å²) in [6.07, 6.45) is 1.11. The third kappa shape index (κ3) is 5.42. The second-order valence-electron chi connectivity index (χ2n) is 4.71. The molecule has 0 fully saturated rings. The monoisotopic (exact) mass is 255 g/mol. The number of rotatable bonds is 7.